The Morgan fingerprint density at radius 3 is 1.40 bits per heavy atom. The van der Waals surface area contributed by atoms with Crippen LogP contribution in [-0.2, 0) is 0 Å². The average molecular weight is 246 g/mol. The Balaban J connectivity index is 0. The van der Waals surface area contributed by atoms with Gasteiger partial charge in [0.25, 0.3) is 0 Å². The van der Waals surface area contributed by atoms with E-state index in [1.165, 1.54) is 6.92 Å². The first kappa shape index (κ1) is 14.0. The molecule has 1 atom stereocenters. The maximum Gasteiger partial charge on any atom is 0.187 e. The van der Waals surface area contributed by atoms with Gasteiger partial charge in [-0.1, -0.05) is 34.8 Å². The lowest BCUT2D eigenvalue weighted by Crippen LogP contribution is -1.87. The molecule has 0 radical (unpaired) electrons. The summed E-state index contributed by atoms with van der Waals surface area (Å²) < 4.78 is -1.08. The van der Waals surface area contributed by atoms with Gasteiger partial charge in [0, 0.05) is 11.3 Å². The van der Waals surface area contributed by atoms with Crippen LogP contribution >= 0.6 is 58.0 Å². The Morgan fingerprint density at radius 1 is 1.30 bits per heavy atom. The monoisotopic (exact) mass is 244 g/mol. The number of halogens is 5. The van der Waals surface area contributed by atoms with Crippen LogP contribution in [0.15, 0.2) is 0 Å². The van der Waals surface area contributed by atoms with Gasteiger partial charge in [-0.2, -0.15) is 0 Å². The molecule has 0 heterocycles. The van der Waals surface area contributed by atoms with Crippen molar-refractivity contribution in [2.45, 2.75) is 23.0 Å². The summed E-state index contributed by atoms with van der Waals surface area (Å²) >= 11 is 25.7. The molecule has 0 aromatic heterocycles. The van der Waals surface area contributed by atoms with Crippen molar-refractivity contribution < 1.29 is 0 Å². The van der Waals surface area contributed by atoms with E-state index in [2.05, 4.69) is 0 Å². The topological polar surface area (TPSA) is 0 Å². The summed E-state index contributed by atoms with van der Waals surface area (Å²) in [4.78, 5) is 0. The smallest absolute Gasteiger partial charge is 0.125 e. The molecule has 5 heteroatoms. The standard InChI is InChI=1S/C3H6Cl2.C2H3Cl3/c1-3(5)2-4;1-2(3,4)5/h3H,2H2,1H3;1H3. The molecule has 0 aliphatic carbocycles. The Kier molecular flexibility index (Phi) is 9.97. The van der Waals surface area contributed by atoms with E-state index in [0.29, 0.717) is 5.88 Å². The zero-order valence-electron chi connectivity index (χ0n) is 5.67. The summed E-state index contributed by atoms with van der Waals surface area (Å²) in [7, 11) is 0. The molecule has 0 fully saturated rings. The third-order valence-electron chi connectivity index (χ3n) is 0.213. The summed E-state index contributed by atoms with van der Waals surface area (Å²) in [6, 6.07) is 0. The van der Waals surface area contributed by atoms with Gasteiger partial charge in [0.15, 0.2) is 3.79 Å². The van der Waals surface area contributed by atoms with Crippen LogP contribution in [0.4, 0.5) is 0 Å². The van der Waals surface area contributed by atoms with Crippen molar-refractivity contribution in [3.63, 3.8) is 0 Å². The van der Waals surface area contributed by atoms with Crippen molar-refractivity contribution in [2.24, 2.45) is 0 Å². The summed E-state index contributed by atoms with van der Waals surface area (Å²) in [6.07, 6.45) is 0. The number of alkyl halides is 5. The molecule has 0 saturated carbocycles. The van der Waals surface area contributed by atoms with E-state index >= 15 is 0 Å². The van der Waals surface area contributed by atoms with E-state index < -0.39 is 3.79 Å². The third kappa shape index (κ3) is 56.7. The van der Waals surface area contributed by atoms with Gasteiger partial charge < -0.3 is 0 Å². The third-order valence-corrected chi connectivity index (χ3v) is 0.988. The van der Waals surface area contributed by atoms with E-state index in [-0.39, 0.29) is 5.38 Å². The highest BCUT2D eigenvalue weighted by Gasteiger charge is 2.07. The zero-order valence-corrected chi connectivity index (χ0v) is 9.45. The normalized spacial score (nSPS) is 13.5. The molecule has 0 spiro atoms. The van der Waals surface area contributed by atoms with Crippen LogP contribution in [0.2, 0.25) is 0 Å². The van der Waals surface area contributed by atoms with Gasteiger partial charge in [-0.3, -0.25) is 0 Å². The van der Waals surface area contributed by atoms with E-state index in [9.17, 15) is 0 Å². The summed E-state index contributed by atoms with van der Waals surface area (Å²) in [5.41, 5.74) is 0. The molecule has 0 aliphatic heterocycles. The first-order valence-corrected chi connectivity index (χ1v) is 4.64. The number of hydrogen-bond donors (Lipinski definition) is 0. The van der Waals surface area contributed by atoms with Crippen molar-refractivity contribution in [3.05, 3.63) is 0 Å². The average Bonchev–Trinajstić information content (AvgIpc) is 1.61. The second-order valence-corrected chi connectivity index (χ2v) is 5.62. The van der Waals surface area contributed by atoms with Crippen LogP contribution in [0.3, 0.4) is 0 Å². The minimum atomic E-state index is -1.08. The van der Waals surface area contributed by atoms with Crippen molar-refractivity contribution >= 4 is 58.0 Å². The van der Waals surface area contributed by atoms with Crippen LogP contribution < -0.4 is 0 Å². The fraction of sp³-hybridized carbons (Fsp3) is 1.00. The SMILES string of the molecule is CC(Cl)(Cl)Cl.CC(Cl)CCl. The Morgan fingerprint density at radius 2 is 1.40 bits per heavy atom. The van der Waals surface area contributed by atoms with Gasteiger partial charge in [0.1, 0.15) is 0 Å². The molecular formula is C5H9Cl5. The van der Waals surface area contributed by atoms with Crippen LogP contribution in [0.1, 0.15) is 13.8 Å². The van der Waals surface area contributed by atoms with Crippen molar-refractivity contribution in [1.82, 2.24) is 0 Å². The highest BCUT2D eigenvalue weighted by molar-refractivity contribution is 6.67. The second-order valence-electron chi connectivity index (χ2n) is 1.72. The molecule has 0 aliphatic rings. The predicted molar refractivity (Wildman–Crippen MR) is 52.0 cm³/mol. The van der Waals surface area contributed by atoms with E-state index in [0.717, 1.165) is 0 Å². The molecule has 10 heavy (non-hydrogen) atoms. The summed E-state index contributed by atoms with van der Waals surface area (Å²) in [5, 5.41) is 0.122. The van der Waals surface area contributed by atoms with Gasteiger partial charge in [-0.25, -0.2) is 0 Å². The molecule has 0 N–H and O–H groups in total. The highest BCUT2D eigenvalue weighted by Crippen LogP contribution is 2.23. The van der Waals surface area contributed by atoms with Crippen molar-refractivity contribution in [1.29, 1.82) is 0 Å². The molecule has 64 valence electrons. The minimum absolute atomic E-state index is 0.122. The van der Waals surface area contributed by atoms with Crippen molar-refractivity contribution in [3.8, 4) is 0 Å². The van der Waals surface area contributed by atoms with Crippen LogP contribution in [-0.4, -0.2) is 15.0 Å². The molecule has 1 unspecified atom stereocenters. The molecule has 0 rings (SSSR count). The Hall–Kier alpha value is 1.45. The summed E-state index contributed by atoms with van der Waals surface area (Å²) in [5.74, 6) is 0.543. The lowest BCUT2D eigenvalue weighted by atomic mass is 10.6. The van der Waals surface area contributed by atoms with Gasteiger partial charge in [0.05, 0.1) is 0 Å². The summed E-state index contributed by atoms with van der Waals surface area (Å²) in [6.45, 7) is 3.34. The van der Waals surface area contributed by atoms with Crippen LogP contribution in [0, 0.1) is 0 Å². The maximum atomic E-state index is 5.33. The van der Waals surface area contributed by atoms with Gasteiger partial charge >= 0.3 is 0 Å². The minimum Gasteiger partial charge on any atom is -0.125 e. The highest BCUT2D eigenvalue weighted by atomic mass is 35.6. The first-order valence-electron chi connectivity index (χ1n) is 2.54. The molecule has 0 nitrogen and oxygen atoms in total. The molecule has 0 saturated heterocycles. The number of hydrogen-bond acceptors (Lipinski definition) is 0. The lowest BCUT2D eigenvalue weighted by molar-refractivity contribution is 1.11. The first-order chi connectivity index (χ1) is 4.27. The fourth-order valence-corrected chi connectivity index (χ4v) is 0. The molecule has 0 aromatic carbocycles. The number of rotatable bonds is 1. The molecule has 0 aromatic rings. The molecule has 0 amide bonds. The van der Waals surface area contributed by atoms with E-state index in [4.69, 9.17) is 58.0 Å². The fourth-order valence-electron chi connectivity index (χ4n) is 0. The van der Waals surface area contributed by atoms with E-state index in [1.807, 2.05) is 6.92 Å². The maximum absolute atomic E-state index is 5.33. The predicted octanol–water partition coefficient (Wildman–Crippen LogP) is 4.23. The Bertz CT molecular complexity index is 58.9. The van der Waals surface area contributed by atoms with Gasteiger partial charge in [0.2, 0.25) is 0 Å². The van der Waals surface area contributed by atoms with Crippen LogP contribution in [0.25, 0.3) is 0 Å². The van der Waals surface area contributed by atoms with Gasteiger partial charge in [-0.15, -0.1) is 23.2 Å². The zero-order chi connectivity index (χ0) is 8.78. The van der Waals surface area contributed by atoms with Crippen molar-refractivity contribution in [2.75, 3.05) is 5.88 Å². The quantitative estimate of drug-likeness (QED) is 0.607. The molecular weight excluding hydrogens is 237 g/mol. The Labute approximate surface area is 86.7 Å². The largest absolute Gasteiger partial charge is 0.187 e. The van der Waals surface area contributed by atoms with Crippen LogP contribution in [0.5, 0.6) is 0 Å². The van der Waals surface area contributed by atoms with Gasteiger partial charge in [-0.05, 0) is 13.8 Å². The molecule has 0 bridgehead atoms. The second kappa shape index (κ2) is 7.12. The lowest BCUT2D eigenvalue weighted by Gasteiger charge is -1.94. The van der Waals surface area contributed by atoms with E-state index in [1.54, 1.807) is 0 Å².